The fourth-order valence-corrected chi connectivity index (χ4v) is 1.82. The van der Waals surface area contributed by atoms with Crippen molar-refractivity contribution in [2.45, 2.75) is 0 Å². The third-order valence-electron chi connectivity index (χ3n) is 2.53. The van der Waals surface area contributed by atoms with Crippen LogP contribution in [0.1, 0.15) is 10.5 Å². The Balaban J connectivity index is 1.89. The summed E-state index contributed by atoms with van der Waals surface area (Å²) in [6.45, 7) is 0. The van der Waals surface area contributed by atoms with Gasteiger partial charge in [-0.3, -0.25) is 4.79 Å². The number of rotatable bonds is 3. The van der Waals surface area contributed by atoms with Gasteiger partial charge in [0.15, 0.2) is 23.0 Å². The van der Waals surface area contributed by atoms with Crippen LogP contribution in [0.5, 0.6) is 0 Å². The van der Waals surface area contributed by atoms with E-state index >= 15 is 0 Å². The van der Waals surface area contributed by atoms with Gasteiger partial charge in [-0.25, -0.2) is 9.97 Å². The van der Waals surface area contributed by atoms with Gasteiger partial charge in [0.25, 0.3) is 5.91 Å². The van der Waals surface area contributed by atoms with Crippen LogP contribution in [0.3, 0.4) is 0 Å². The molecule has 3 aromatic rings. The maximum Gasteiger partial charge on any atom is 0.278 e. The second kappa shape index (κ2) is 5.18. The van der Waals surface area contributed by atoms with Crippen LogP contribution in [0.25, 0.3) is 11.5 Å². The first-order chi connectivity index (χ1) is 9.75. The minimum atomic E-state index is -0.458. The zero-order valence-corrected chi connectivity index (χ0v) is 10.8. The highest BCUT2D eigenvalue weighted by molar-refractivity contribution is 6.32. The Labute approximate surface area is 118 Å². The van der Waals surface area contributed by atoms with E-state index < -0.39 is 5.91 Å². The standard InChI is InChI=1S/C13H8ClN3O3/c14-12-8(3-1-5-15-12)17-13(18)10-11(20-7-16-10)9-4-2-6-19-9/h1-7H,(H,17,18). The molecule has 100 valence electrons. The molecule has 3 rings (SSSR count). The zero-order chi connectivity index (χ0) is 13.9. The highest BCUT2D eigenvalue weighted by Gasteiger charge is 2.20. The normalized spacial score (nSPS) is 10.4. The Bertz CT molecular complexity index is 737. The molecule has 0 bridgehead atoms. The molecule has 0 saturated carbocycles. The van der Waals surface area contributed by atoms with Crippen LogP contribution < -0.4 is 5.32 Å². The lowest BCUT2D eigenvalue weighted by molar-refractivity contribution is 0.102. The van der Waals surface area contributed by atoms with Crippen LogP contribution in [0.15, 0.2) is 52.0 Å². The van der Waals surface area contributed by atoms with Crippen molar-refractivity contribution < 1.29 is 13.6 Å². The molecule has 20 heavy (non-hydrogen) atoms. The van der Waals surface area contributed by atoms with Gasteiger partial charge in [-0.05, 0) is 24.3 Å². The van der Waals surface area contributed by atoms with Crippen molar-refractivity contribution in [3.05, 3.63) is 54.0 Å². The lowest BCUT2D eigenvalue weighted by Gasteiger charge is -2.04. The van der Waals surface area contributed by atoms with Gasteiger partial charge >= 0.3 is 0 Å². The van der Waals surface area contributed by atoms with Crippen molar-refractivity contribution in [1.29, 1.82) is 0 Å². The summed E-state index contributed by atoms with van der Waals surface area (Å²) >= 11 is 5.88. The number of furan rings is 1. The van der Waals surface area contributed by atoms with E-state index in [2.05, 4.69) is 15.3 Å². The number of nitrogens with one attached hydrogen (secondary N) is 1. The molecule has 0 unspecified atom stereocenters. The number of anilines is 1. The van der Waals surface area contributed by atoms with Gasteiger partial charge in [0.1, 0.15) is 0 Å². The second-order valence-corrected chi connectivity index (χ2v) is 4.16. The molecule has 0 aliphatic rings. The fourth-order valence-electron chi connectivity index (χ4n) is 1.65. The van der Waals surface area contributed by atoms with Crippen molar-refractivity contribution in [1.82, 2.24) is 9.97 Å². The van der Waals surface area contributed by atoms with E-state index in [-0.39, 0.29) is 16.6 Å². The predicted octanol–water partition coefficient (Wildman–Crippen LogP) is 3.24. The van der Waals surface area contributed by atoms with Crippen molar-refractivity contribution in [2.24, 2.45) is 0 Å². The molecule has 7 heteroatoms. The summed E-state index contributed by atoms with van der Waals surface area (Å²) in [7, 11) is 0. The summed E-state index contributed by atoms with van der Waals surface area (Å²) in [6.07, 6.45) is 4.19. The Morgan fingerprint density at radius 2 is 2.10 bits per heavy atom. The number of hydrogen-bond acceptors (Lipinski definition) is 5. The van der Waals surface area contributed by atoms with Crippen LogP contribution in [-0.2, 0) is 0 Å². The minimum Gasteiger partial charge on any atom is -0.461 e. The number of carbonyl (C=O) groups excluding carboxylic acids is 1. The summed E-state index contributed by atoms with van der Waals surface area (Å²) in [4.78, 5) is 20.0. The van der Waals surface area contributed by atoms with Gasteiger partial charge in [0.2, 0.25) is 5.76 Å². The number of hydrogen-bond donors (Lipinski definition) is 1. The number of amides is 1. The molecular formula is C13H8ClN3O3. The number of halogens is 1. The number of carbonyl (C=O) groups is 1. The van der Waals surface area contributed by atoms with Gasteiger partial charge < -0.3 is 14.2 Å². The van der Waals surface area contributed by atoms with Gasteiger partial charge in [-0.2, -0.15) is 0 Å². The molecule has 0 atom stereocenters. The van der Waals surface area contributed by atoms with Crippen LogP contribution in [0.4, 0.5) is 5.69 Å². The summed E-state index contributed by atoms with van der Waals surface area (Å²) in [6, 6.07) is 6.67. The lowest BCUT2D eigenvalue weighted by Crippen LogP contribution is -2.13. The Morgan fingerprint density at radius 1 is 1.20 bits per heavy atom. The van der Waals surface area contributed by atoms with Gasteiger partial charge in [0, 0.05) is 6.20 Å². The van der Waals surface area contributed by atoms with E-state index in [1.54, 1.807) is 24.3 Å². The Kier molecular flexibility index (Phi) is 3.22. The monoisotopic (exact) mass is 289 g/mol. The molecule has 6 nitrogen and oxygen atoms in total. The molecule has 1 N–H and O–H groups in total. The Morgan fingerprint density at radius 3 is 2.85 bits per heavy atom. The largest absolute Gasteiger partial charge is 0.461 e. The maximum absolute atomic E-state index is 12.2. The summed E-state index contributed by atoms with van der Waals surface area (Å²) < 4.78 is 10.4. The highest BCUT2D eigenvalue weighted by atomic mass is 35.5. The molecule has 0 radical (unpaired) electrons. The van der Waals surface area contributed by atoms with E-state index in [4.69, 9.17) is 20.4 Å². The van der Waals surface area contributed by atoms with Gasteiger partial charge in [-0.1, -0.05) is 11.6 Å². The average molecular weight is 290 g/mol. The molecule has 1 amide bonds. The number of pyridine rings is 1. The molecule has 0 fully saturated rings. The fraction of sp³-hybridized carbons (Fsp3) is 0. The predicted molar refractivity (Wildman–Crippen MR) is 71.4 cm³/mol. The lowest BCUT2D eigenvalue weighted by atomic mass is 10.2. The molecule has 0 spiro atoms. The average Bonchev–Trinajstić information content (AvgIpc) is 3.11. The van der Waals surface area contributed by atoms with Crippen LogP contribution >= 0.6 is 11.6 Å². The van der Waals surface area contributed by atoms with Gasteiger partial charge in [0.05, 0.1) is 12.0 Å². The summed E-state index contributed by atoms with van der Waals surface area (Å²) in [5, 5.41) is 2.82. The molecule has 0 aliphatic carbocycles. The van der Waals surface area contributed by atoms with E-state index in [1.807, 2.05) is 0 Å². The van der Waals surface area contributed by atoms with Crippen LogP contribution in [0, 0.1) is 0 Å². The first-order valence-electron chi connectivity index (χ1n) is 5.65. The molecule has 3 heterocycles. The maximum atomic E-state index is 12.2. The quantitative estimate of drug-likeness (QED) is 0.749. The SMILES string of the molecule is O=C(Nc1cccnc1Cl)c1ncoc1-c1ccco1. The van der Waals surface area contributed by atoms with Crippen molar-refractivity contribution >= 4 is 23.2 Å². The van der Waals surface area contributed by atoms with Crippen LogP contribution in [0.2, 0.25) is 5.15 Å². The highest BCUT2D eigenvalue weighted by Crippen LogP contribution is 2.25. The number of nitrogens with zero attached hydrogens (tertiary/aromatic N) is 2. The van der Waals surface area contributed by atoms with E-state index in [1.165, 1.54) is 18.9 Å². The first-order valence-corrected chi connectivity index (χ1v) is 6.03. The number of oxazole rings is 1. The molecule has 0 aromatic carbocycles. The number of aromatic nitrogens is 2. The summed E-state index contributed by atoms with van der Waals surface area (Å²) in [5.41, 5.74) is 0.507. The van der Waals surface area contributed by atoms with Crippen molar-refractivity contribution in [3.63, 3.8) is 0 Å². The molecule has 0 saturated heterocycles. The Hall–Kier alpha value is -2.60. The molecular weight excluding hydrogens is 282 g/mol. The first kappa shape index (κ1) is 12.4. The van der Waals surface area contributed by atoms with E-state index in [0.717, 1.165) is 0 Å². The smallest absolute Gasteiger partial charge is 0.278 e. The minimum absolute atomic E-state index is 0.111. The van der Waals surface area contributed by atoms with Gasteiger partial charge in [-0.15, -0.1) is 0 Å². The van der Waals surface area contributed by atoms with E-state index in [9.17, 15) is 4.79 Å². The molecule has 3 aromatic heterocycles. The third-order valence-corrected chi connectivity index (χ3v) is 2.84. The van der Waals surface area contributed by atoms with E-state index in [0.29, 0.717) is 11.4 Å². The van der Waals surface area contributed by atoms with Crippen molar-refractivity contribution in [2.75, 3.05) is 5.32 Å². The summed E-state index contributed by atoms with van der Waals surface area (Å²) in [5.74, 6) is 0.220. The topological polar surface area (TPSA) is 81.2 Å². The molecule has 0 aliphatic heterocycles. The second-order valence-electron chi connectivity index (χ2n) is 3.80. The zero-order valence-electron chi connectivity index (χ0n) is 10.0. The van der Waals surface area contributed by atoms with Crippen molar-refractivity contribution in [3.8, 4) is 11.5 Å². The third kappa shape index (κ3) is 2.28. The van der Waals surface area contributed by atoms with Crippen LogP contribution in [-0.4, -0.2) is 15.9 Å².